The second-order valence-corrected chi connectivity index (χ2v) is 4.71. The van der Waals surface area contributed by atoms with E-state index < -0.39 is 17.5 Å². The second kappa shape index (κ2) is 6.11. The third kappa shape index (κ3) is 4.43. The van der Waals surface area contributed by atoms with Crippen molar-refractivity contribution in [2.45, 2.75) is 52.1 Å². The van der Waals surface area contributed by atoms with Crippen LogP contribution in [0.3, 0.4) is 0 Å². The normalized spacial score (nSPS) is 15.4. The number of rotatable bonds is 6. The van der Waals surface area contributed by atoms with Crippen molar-refractivity contribution in [3.63, 3.8) is 0 Å². The minimum Gasteiger partial charge on any atom is -0.238 e. The van der Waals surface area contributed by atoms with Crippen LogP contribution in [-0.2, 0) is 0 Å². The van der Waals surface area contributed by atoms with Crippen molar-refractivity contribution >= 4 is 0 Å². The molecule has 0 fully saturated rings. The topological polar surface area (TPSA) is 0 Å². The second-order valence-electron chi connectivity index (χ2n) is 4.71. The van der Waals surface area contributed by atoms with E-state index in [2.05, 4.69) is 12.3 Å². The highest BCUT2D eigenvalue weighted by Crippen LogP contribution is 2.40. The molecule has 17 heavy (non-hydrogen) atoms. The maximum atomic E-state index is 13.6. The molecule has 0 saturated carbocycles. The third-order valence-corrected chi connectivity index (χ3v) is 2.84. The Kier molecular flexibility index (Phi) is 5.77. The van der Waals surface area contributed by atoms with Crippen molar-refractivity contribution in [1.82, 2.24) is 0 Å². The maximum Gasteiger partial charge on any atom is 0.283 e. The van der Waals surface area contributed by atoms with Gasteiger partial charge in [0.25, 0.3) is 5.92 Å². The summed E-state index contributed by atoms with van der Waals surface area (Å²) in [4.78, 5) is 0. The van der Waals surface area contributed by atoms with Gasteiger partial charge < -0.3 is 0 Å². The smallest absolute Gasteiger partial charge is 0.238 e. The van der Waals surface area contributed by atoms with Crippen LogP contribution in [0.5, 0.6) is 0 Å². The molecule has 0 rings (SSSR count). The Morgan fingerprint density at radius 2 is 1.88 bits per heavy atom. The van der Waals surface area contributed by atoms with Gasteiger partial charge in [0, 0.05) is 5.92 Å². The van der Waals surface area contributed by atoms with Crippen LogP contribution in [0.2, 0.25) is 0 Å². The molecule has 1 atom stereocenters. The molecule has 0 aliphatic heterocycles. The van der Waals surface area contributed by atoms with Gasteiger partial charge in [-0.15, -0.1) is 5.73 Å². The highest BCUT2D eigenvalue weighted by atomic mass is 19.3. The maximum absolute atomic E-state index is 13.6. The summed E-state index contributed by atoms with van der Waals surface area (Å²) in [5.74, 6) is -4.37. The minimum atomic E-state index is -3.33. The van der Waals surface area contributed by atoms with Gasteiger partial charge in [0.05, 0.1) is 0 Å². The molecule has 0 nitrogen and oxygen atoms in total. The van der Waals surface area contributed by atoms with Gasteiger partial charge >= 0.3 is 0 Å². The van der Waals surface area contributed by atoms with Crippen molar-refractivity contribution < 1.29 is 13.2 Å². The van der Waals surface area contributed by atoms with Crippen LogP contribution in [0.1, 0.15) is 40.5 Å². The van der Waals surface area contributed by atoms with Crippen molar-refractivity contribution in [2.24, 2.45) is 5.92 Å². The van der Waals surface area contributed by atoms with Crippen LogP contribution < -0.4 is 0 Å². The molecular weight excluding hydrogens is 225 g/mol. The van der Waals surface area contributed by atoms with Crippen molar-refractivity contribution in [3.05, 3.63) is 30.0 Å². The molecule has 0 aliphatic rings. The van der Waals surface area contributed by atoms with Crippen LogP contribution in [0.25, 0.3) is 0 Å². The lowest BCUT2D eigenvalue weighted by Crippen LogP contribution is -2.44. The molecular formula is C14H21F3. The van der Waals surface area contributed by atoms with E-state index in [9.17, 15) is 13.2 Å². The predicted molar refractivity (Wildman–Crippen MR) is 66.0 cm³/mol. The first kappa shape index (κ1) is 16.1. The molecule has 1 unspecified atom stereocenters. The summed E-state index contributed by atoms with van der Waals surface area (Å²) in [6.07, 6.45) is 4.22. The summed E-state index contributed by atoms with van der Waals surface area (Å²) in [5.41, 5.74) is 0.996. The van der Waals surface area contributed by atoms with Crippen LogP contribution in [-0.4, -0.2) is 11.6 Å². The first-order chi connectivity index (χ1) is 7.66. The van der Waals surface area contributed by atoms with Gasteiger partial charge in [-0.05, 0) is 38.3 Å². The van der Waals surface area contributed by atoms with E-state index in [0.29, 0.717) is 0 Å². The average Bonchev–Trinajstić information content (AvgIpc) is 2.21. The molecule has 98 valence electrons. The SMILES string of the molecule is C=C=C/C(=C\CC(C)C(F)(F)C(C)(C)F)CC. The third-order valence-electron chi connectivity index (χ3n) is 2.84. The lowest BCUT2D eigenvalue weighted by atomic mass is 9.88. The van der Waals surface area contributed by atoms with E-state index >= 15 is 0 Å². The molecule has 0 aromatic carbocycles. The first-order valence-electron chi connectivity index (χ1n) is 5.78. The summed E-state index contributed by atoms with van der Waals surface area (Å²) < 4.78 is 40.6. The Labute approximate surface area is 102 Å². The Bertz CT molecular complexity index is 315. The van der Waals surface area contributed by atoms with Gasteiger partial charge in [0.15, 0.2) is 5.67 Å². The molecule has 0 heterocycles. The fraction of sp³-hybridized carbons (Fsp3) is 0.643. The fourth-order valence-electron chi connectivity index (χ4n) is 1.50. The molecule has 0 aliphatic carbocycles. The van der Waals surface area contributed by atoms with Gasteiger partial charge in [-0.2, -0.15) is 0 Å². The fourth-order valence-corrected chi connectivity index (χ4v) is 1.50. The number of alkyl halides is 3. The number of hydrogen-bond acceptors (Lipinski definition) is 0. The lowest BCUT2D eigenvalue weighted by molar-refractivity contribution is -0.154. The van der Waals surface area contributed by atoms with Gasteiger partial charge in [-0.1, -0.05) is 26.5 Å². The molecule has 0 N–H and O–H groups in total. The highest BCUT2D eigenvalue weighted by molar-refractivity contribution is 5.17. The van der Waals surface area contributed by atoms with Crippen LogP contribution in [0.4, 0.5) is 13.2 Å². The molecule has 0 bridgehead atoms. The highest BCUT2D eigenvalue weighted by Gasteiger charge is 2.50. The number of halogens is 3. The molecule has 0 spiro atoms. The van der Waals surface area contributed by atoms with Crippen molar-refractivity contribution in [3.8, 4) is 0 Å². The zero-order valence-corrected chi connectivity index (χ0v) is 11.0. The van der Waals surface area contributed by atoms with Gasteiger partial charge in [-0.25, -0.2) is 13.2 Å². The summed E-state index contributed by atoms with van der Waals surface area (Å²) in [7, 11) is 0. The molecule has 0 aromatic heterocycles. The monoisotopic (exact) mass is 246 g/mol. The first-order valence-corrected chi connectivity index (χ1v) is 5.78. The van der Waals surface area contributed by atoms with E-state index in [1.165, 1.54) is 6.92 Å². The van der Waals surface area contributed by atoms with E-state index in [0.717, 1.165) is 25.8 Å². The Hall–Kier alpha value is -0.950. The summed E-state index contributed by atoms with van der Waals surface area (Å²) >= 11 is 0. The van der Waals surface area contributed by atoms with Crippen molar-refractivity contribution in [1.29, 1.82) is 0 Å². The van der Waals surface area contributed by atoms with Gasteiger partial charge in [-0.3, -0.25) is 0 Å². The largest absolute Gasteiger partial charge is 0.283 e. The molecule has 0 amide bonds. The quantitative estimate of drug-likeness (QED) is 0.453. The van der Waals surface area contributed by atoms with E-state index in [4.69, 9.17) is 0 Å². The summed E-state index contributed by atoms with van der Waals surface area (Å²) in [5, 5.41) is 0. The number of hydrogen-bond donors (Lipinski definition) is 0. The van der Waals surface area contributed by atoms with Gasteiger partial charge in [0.1, 0.15) is 0 Å². The molecule has 0 aromatic rings. The Morgan fingerprint density at radius 1 is 1.35 bits per heavy atom. The van der Waals surface area contributed by atoms with E-state index in [-0.39, 0.29) is 6.42 Å². The zero-order chi connectivity index (χ0) is 13.7. The lowest BCUT2D eigenvalue weighted by Gasteiger charge is -2.31. The zero-order valence-electron chi connectivity index (χ0n) is 11.0. The summed E-state index contributed by atoms with van der Waals surface area (Å²) in [6, 6.07) is 0. The molecule has 3 heteroatoms. The molecule has 0 saturated heterocycles. The predicted octanol–water partition coefficient (Wildman–Crippen LogP) is 5.07. The van der Waals surface area contributed by atoms with Gasteiger partial charge in [0.2, 0.25) is 0 Å². The van der Waals surface area contributed by atoms with E-state index in [1.54, 1.807) is 12.2 Å². The Balaban J connectivity index is 4.76. The van der Waals surface area contributed by atoms with E-state index in [1.807, 2.05) is 6.92 Å². The van der Waals surface area contributed by atoms with Crippen LogP contribution in [0, 0.1) is 5.92 Å². The minimum absolute atomic E-state index is 0.141. The van der Waals surface area contributed by atoms with Crippen LogP contribution >= 0.6 is 0 Å². The standard InChI is InChI=1S/C14H21F3/c1-6-8-12(7-2)10-9-11(3)14(16,17)13(4,5)15/h8,10-11H,1,7,9H2,2-5H3/b12-10-. The van der Waals surface area contributed by atoms with Crippen LogP contribution in [0.15, 0.2) is 30.0 Å². The summed E-state index contributed by atoms with van der Waals surface area (Å²) in [6.45, 7) is 8.54. The number of allylic oxidation sites excluding steroid dienone is 3. The average molecular weight is 246 g/mol. The Morgan fingerprint density at radius 3 is 2.24 bits per heavy atom. The molecule has 0 radical (unpaired) electrons. The van der Waals surface area contributed by atoms with Crippen molar-refractivity contribution in [2.75, 3.05) is 0 Å².